The normalized spacial score (nSPS) is 11.2. The minimum Gasteiger partial charge on any atom is -0.497 e. The summed E-state index contributed by atoms with van der Waals surface area (Å²) in [6.07, 6.45) is 0. The molecule has 7 nitrogen and oxygen atoms in total. The Morgan fingerprint density at radius 1 is 1.00 bits per heavy atom. The number of ether oxygens (including phenoxy) is 1. The molecule has 132 valence electrons. The number of benzene rings is 2. The van der Waals surface area contributed by atoms with Crippen molar-refractivity contribution in [2.24, 2.45) is 0 Å². The van der Waals surface area contributed by atoms with Crippen LogP contribution in [0.4, 0.5) is 0 Å². The Balaban J connectivity index is 1.70. The largest absolute Gasteiger partial charge is 0.497 e. The van der Waals surface area contributed by atoms with E-state index in [-0.39, 0.29) is 13.2 Å². The highest BCUT2D eigenvalue weighted by Crippen LogP contribution is 2.27. The number of aliphatic hydroxyl groups excluding tert-OH is 2. The Hall–Kier alpha value is -3.16. The zero-order valence-corrected chi connectivity index (χ0v) is 14.2. The Morgan fingerprint density at radius 2 is 1.85 bits per heavy atom. The maximum atomic E-state index is 9.46. The molecule has 2 aromatic heterocycles. The van der Waals surface area contributed by atoms with E-state index < -0.39 is 0 Å². The zero-order chi connectivity index (χ0) is 18.1. The van der Waals surface area contributed by atoms with Crippen molar-refractivity contribution in [3.63, 3.8) is 0 Å². The van der Waals surface area contributed by atoms with Crippen molar-refractivity contribution < 1.29 is 14.9 Å². The number of fused-ring (bicyclic) bond motifs is 1. The number of nitrogens with zero attached hydrogens (tertiary/aromatic N) is 2. The molecule has 0 atom stereocenters. The number of hydrogen-bond acceptors (Lipinski definition) is 5. The lowest BCUT2D eigenvalue weighted by atomic mass is 10.0. The van der Waals surface area contributed by atoms with Crippen LogP contribution in [0.25, 0.3) is 33.8 Å². The van der Waals surface area contributed by atoms with Crippen LogP contribution in [-0.4, -0.2) is 37.5 Å². The van der Waals surface area contributed by atoms with Crippen LogP contribution in [0.3, 0.4) is 0 Å². The van der Waals surface area contributed by atoms with Crippen LogP contribution < -0.4 is 4.74 Å². The molecule has 0 aliphatic carbocycles. The van der Waals surface area contributed by atoms with Gasteiger partial charge in [0, 0.05) is 11.6 Å². The summed E-state index contributed by atoms with van der Waals surface area (Å²) in [6.45, 7) is -0.239. The second kappa shape index (κ2) is 6.62. The first-order chi connectivity index (χ1) is 12.7. The molecule has 0 spiro atoms. The van der Waals surface area contributed by atoms with E-state index in [1.807, 2.05) is 36.4 Å². The fourth-order valence-corrected chi connectivity index (χ4v) is 2.92. The number of H-pyrrole nitrogens is 2. The summed E-state index contributed by atoms with van der Waals surface area (Å²) >= 11 is 0. The van der Waals surface area contributed by atoms with E-state index in [1.54, 1.807) is 13.2 Å². The van der Waals surface area contributed by atoms with Gasteiger partial charge in [-0.25, -0.2) is 4.98 Å². The van der Waals surface area contributed by atoms with Crippen LogP contribution in [0.5, 0.6) is 5.75 Å². The molecule has 0 bridgehead atoms. The first-order valence-electron chi connectivity index (χ1n) is 8.15. The summed E-state index contributed by atoms with van der Waals surface area (Å²) in [5.41, 5.74) is 5.46. The number of rotatable bonds is 5. The number of hydrogen-bond donors (Lipinski definition) is 4. The summed E-state index contributed by atoms with van der Waals surface area (Å²) in [6, 6.07) is 13.0. The van der Waals surface area contributed by atoms with Crippen molar-refractivity contribution in [2.75, 3.05) is 7.11 Å². The lowest BCUT2D eigenvalue weighted by Gasteiger charge is -2.06. The highest BCUT2D eigenvalue weighted by atomic mass is 16.5. The van der Waals surface area contributed by atoms with Crippen molar-refractivity contribution >= 4 is 11.0 Å². The second-order valence-electron chi connectivity index (χ2n) is 5.94. The Kier molecular flexibility index (Phi) is 4.16. The van der Waals surface area contributed by atoms with Gasteiger partial charge in [0.1, 0.15) is 11.4 Å². The van der Waals surface area contributed by atoms with E-state index in [0.717, 1.165) is 33.7 Å². The van der Waals surface area contributed by atoms with E-state index in [1.165, 1.54) is 0 Å². The van der Waals surface area contributed by atoms with Gasteiger partial charge in [-0.2, -0.15) is 5.10 Å². The SMILES string of the molecule is COc1ccc2nc(-c3cc(-c4ccc(CO)c(CO)c4)n[nH]3)[nH]c2c1. The first-order valence-corrected chi connectivity index (χ1v) is 8.15. The van der Waals surface area contributed by atoms with Crippen LogP contribution >= 0.6 is 0 Å². The number of imidazole rings is 1. The third-order valence-corrected chi connectivity index (χ3v) is 4.36. The standard InChI is InChI=1S/C19H18N4O3/c1-26-14-4-5-15-17(7-14)21-19(20-15)18-8-16(22-23-18)11-2-3-12(9-24)13(6-11)10-25/h2-8,24-25H,9-10H2,1H3,(H,20,21)(H,22,23). The zero-order valence-electron chi connectivity index (χ0n) is 14.2. The molecular weight excluding hydrogens is 332 g/mol. The van der Waals surface area contributed by atoms with E-state index in [4.69, 9.17) is 4.74 Å². The van der Waals surface area contributed by atoms with Crippen LogP contribution in [0.1, 0.15) is 11.1 Å². The monoisotopic (exact) mass is 350 g/mol. The van der Waals surface area contributed by atoms with Crippen LogP contribution in [0, 0.1) is 0 Å². The molecule has 0 radical (unpaired) electrons. The molecule has 2 heterocycles. The average Bonchev–Trinajstić information content (AvgIpc) is 3.33. The van der Waals surface area contributed by atoms with Crippen molar-refractivity contribution in [1.82, 2.24) is 20.2 Å². The van der Waals surface area contributed by atoms with Crippen LogP contribution in [-0.2, 0) is 13.2 Å². The van der Waals surface area contributed by atoms with E-state index in [2.05, 4.69) is 20.2 Å². The molecule has 0 saturated carbocycles. The topological polar surface area (TPSA) is 107 Å². The molecular formula is C19H18N4O3. The van der Waals surface area contributed by atoms with Crippen LogP contribution in [0.2, 0.25) is 0 Å². The molecule has 0 aliphatic rings. The number of nitrogens with one attached hydrogen (secondary N) is 2. The molecule has 4 rings (SSSR count). The molecule has 0 amide bonds. The van der Waals surface area contributed by atoms with Crippen molar-refractivity contribution in [1.29, 1.82) is 0 Å². The average molecular weight is 350 g/mol. The maximum Gasteiger partial charge on any atom is 0.156 e. The highest BCUT2D eigenvalue weighted by Gasteiger charge is 2.12. The highest BCUT2D eigenvalue weighted by molar-refractivity contribution is 5.80. The second-order valence-corrected chi connectivity index (χ2v) is 5.94. The van der Waals surface area contributed by atoms with Crippen molar-refractivity contribution in [3.8, 4) is 28.5 Å². The van der Waals surface area contributed by atoms with Gasteiger partial charge in [0.2, 0.25) is 0 Å². The van der Waals surface area contributed by atoms with Crippen molar-refractivity contribution in [3.05, 3.63) is 53.6 Å². The fraction of sp³-hybridized carbons (Fsp3) is 0.158. The van der Waals surface area contributed by atoms with Gasteiger partial charge in [-0.05, 0) is 35.4 Å². The third-order valence-electron chi connectivity index (χ3n) is 4.36. The molecule has 0 aliphatic heterocycles. The summed E-state index contributed by atoms with van der Waals surface area (Å²) in [5.74, 6) is 1.44. The molecule has 0 unspecified atom stereocenters. The number of methoxy groups -OCH3 is 1. The lowest BCUT2D eigenvalue weighted by Crippen LogP contribution is -1.94. The summed E-state index contributed by atoms with van der Waals surface area (Å²) < 4.78 is 5.23. The quantitative estimate of drug-likeness (QED) is 0.443. The molecule has 0 fully saturated rings. The Morgan fingerprint density at radius 3 is 2.62 bits per heavy atom. The lowest BCUT2D eigenvalue weighted by molar-refractivity contribution is 0.260. The van der Waals surface area contributed by atoms with Gasteiger partial charge < -0.3 is 19.9 Å². The van der Waals surface area contributed by atoms with Gasteiger partial charge in [0.15, 0.2) is 5.82 Å². The minimum absolute atomic E-state index is 0.107. The number of aliphatic hydroxyl groups is 2. The van der Waals surface area contributed by atoms with Gasteiger partial charge in [0.05, 0.1) is 37.1 Å². The van der Waals surface area contributed by atoms with Gasteiger partial charge in [0.25, 0.3) is 0 Å². The predicted octanol–water partition coefficient (Wildman–Crippen LogP) is 2.61. The van der Waals surface area contributed by atoms with Gasteiger partial charge >= 0.3 is 0 Å². The van der Waals surface area contributed by atoms with Crippen LogP contribution in [0.15, 0.2) is 42.5 Å². The molecule has 0 saturated heterocycles. The minimum atomic E-state index is -0.133. The molecule has 4 aromatic rings. The predicted molar refractivity (Wildman–Crippen MR) is 97.5 cm³/mol. The molecule has 26 heavy (non-hydrogen) atoms. The summed E-state index contributed by atoms with van der Waals surface area (Å²) in [4.78, 5) is 7.83. The first kappa shape index (κ1) is 16.3. The number of aromatic amines is 2. The molecule has 2 aromatic carbocycles. The molecule has 7 heteroatoms. The number of aromatic nitrogens is 4. The van der Waals surface area contributed by atoms with Gasteiger partial charge in [-0.3, -0.25) is 5.10 Å². The van der Waals surface area contributed by atoms with Crippen molar-refractivity contribution in [2.45, 2.75) is 13.2 Å². The van der Waals surface area contributed by atoms with E-state index in [0.29, 0.717) is 17.0 Å². The summed E-state index contributed by atoms with van der Waals surface area (Å²) in [7, 11) is 1.63. The maximum absolute atomic E-state index is 9.46. The molecule has 4 N–H and O–H groups in total. The van der Waals surface area contributed by atoms with E-state index >= 15 is 0 Å². The Labute approximate surface area is 149 Å². The van der Waals surface area contributed by atoms with Gasteiger partial charge in [-0.15, -0.1) is 0 Å². The summed E-state index contributed by atoms with van der Waals surface area (Å²) in [5, 5.41) is 26.1. The van der Waals surface area contributed by atoms with E-state index in [9.17, 15) is 10.2 Å². The third kappa shape index (κ3) is 2.83. The van der Waals surface area contributed by atoms with Gasteiger partial charge in [-0.1, -0.05) is 12.1 Å². The fourth-order valence-electron chi connectivity index (χ4n) is 2.92. The Bertz CT molecular complexity index is 1070. The smallest absolute Gasteiger partial charge is 0.156 e.